The summed E-state index contributed by atoms with van der Waals surface area (Å²) in [6.07, 6.45) is 3.46. The normalized spacial score (nSPS) is 15.3. The molecule has 126 valence electrons. The number of nitrogens with one attached hydrogen (secondary N) is 1. The fourth-order valence-corrected chi connectivity index (χ4v) is 3.22. The maximum absolute atomic E-state index is 11.7. The molecule has 1 fully saturated rings. The summed E-state index contributed by atoms with van der Waals surface area (Å²) in [5.41, 5.74) is 2.91. The first-order valence-corrected chi connectivity index (χ1v) is 8.43. The molecule has 6 heteroatoms. The van der Waals surface area contributed by atoms with Gasteiger partial charge in [0.15, 0.2) is 0 Å². The summed E-state index contributed by atoms with van der Waals surface area (Å²) in [5.74, 6) is -0.0472. The fraction of sp³-hybridized carbons (Fsp3) is 0.333. The number of carbonyl (C=O) groups excluding carboxylic acids is 1. The zero-order valence-electron chi connectivity index (χ0n) is 13.7. The van der Waals surface area contributed by atoms with E-state index in [4.69, 9.17) is 11.6 Å². The number of aromatic nitrogens is 1. The van der Waals surface area contributed by atoms with Crippen LogP contribution in [0.4, 0.5) is 5.69 Å². The first-order chi connectivity index (χ1) is 11.7. The number of piperazine rings is 1. The van der Waals surface area contributed by atoms with Gasteiger partial charge in [0.05, 0.1) is 10.7 Å². The van der Waals surface area contributed by atoms with Crippen molar-refractivity contribution in [1.82, 2.24) is 15.2 Å². The minimum atomic E-state index is -0.0472. The Bertz CT molecular complexity index is 714. The van der Waals surface area contributed by atoms with Gasteiger partial charge in [-0.25, -0.2) is 0 Å². The van der Waals surface area contributed by atoms with Crippen molar-refractivity contribution in [2.45, 2.75) is 6.54 Å². The van der Waals surface area contributed by atoms with Crippen LogP contribution in [0.25, 0.3) is 0 Å². The fourth-order valence-electron chi connectivity index (χ4n) is 2.98. The van der Waals surface area contributed by atoms with Crippen LogP contribution in [0.5, 0.6) is 0 Å². The van der Waals surface area contributed by atoms with Crippen molar-refractivity contribution in [3.63, 3.8) is 0 Å². The largest absolute Gasteiger partial charge is 0.368 e. The standard InChI is InChI=1S/C18H21ClN4O/c1-20-18(24)15-4-2-3-14(11-15)13-22-7-9-23(10-8-22)17-5-6-21-12-16(17)19/h2-6,11-12H,7-10,13H2,1H3,(H,20,24). The highest BCUT2D eigenvalue weighted by atomic mass is 35.5. The van der Waals surface area contributed by atoms with Crippen LogP contribution in [-0.4, -0.2) is 49.0 Å². The summed E-state index contributed by atoms with van der Waals surface area (Å²) in [7, 11) is 1.65. The molecule has 0 radical (unpaired) electrons. The maximum atomic E-state index is 11.7. The molecule has 0 aliphatic carbocycles. The van der Waals surface area contributed by atoms with Crippen molar-refractivity contribution >= 4 is 23.2 Å². The van der Waals surface area contributed by atoms with Crippen molar-refractivity contribution in [2.24, 2.45) is 0 Å². The third-order valence-corrected chi connectivity index (χ3v) is 4.58. The highest BCUT2D eigenvalue weighted by molar-refractivity contribution is 6.33. The molecular weight excluding hydrogens is 324 g/mol. The molecule has 2 heterocycles. The summed E-state index contributed by atoms with van der Waals surface area (Å²) in [6, 6.07) is 9.77. The number of nitrogens with zero attached hydrogens (tertiary/aromatic N) is 3. The Kier molecular flexibility index (Phi) is 5.33. The van der Waals surface area contributed by atoms with E-state index < -0.39 is 0 Å². The number of benzene rings is 1. The molecule has 1 N–H and O–H groups in total. The highest BCUT2D eigenvalue weighted by Gasteiger charge is 2.19. The number of amides is 1. The van der Waals surface area contributed by atoms with E-state index in [1.807, 2.05) is 24.3 Å². The van der Waals surface area contributed by atoms with Crippen LogP contribution in [0.15, 0.2) is 42.7 Å². The monoisotopic (exact) mass is 344 g/mol. The third-order valence-electron chi connectivity index (χ3n) is 4.29. The van der Waals surface area contributed by atoms with Gasteiger partial charge in [0.1, 0.15) is 0 Å². The van der Waals surface area contributed by atoms with Crippen molar-refractivity contribution in [2.75, 3.05) is 38.1 Å². The maximum Gasteiger partial charge on any atom is 0.251 e. The summed E-state index contributed by atoms with van der Waals surface area (Å²) in [5, 5.41) is 3.36. The van der Waals surface area contributed by atoms with Gasteiger partial charge in [0.2, 0.25) is 0 Å². The lowest BCUT2D eigenvalue weighted by atomic mass is 10.1. The Hall–Kier alpha value is -2.11. The van der Waals surface area contributed by atoms with Crippen LogP contribution in [0, 0.1) is 0 Å². The van der Waals surface area contributed by atoms with E-state index in [1.54, 1.807) is 19.4 Å². The van der Waals surface area contributed by atoms with E-state index in [2.05, 4.69) is 26.2 Å². The Morgan fingerprint density at radius 1 is 1.25 bits per heavy atom. The molecule has 0 saturated carbocycles. The molecule has 1 aliphatic rings. The number of halogens is 1. The van der Waals surface area contributed by atoms with Crippen LogP contribution in [0.3, 0.4) is 0 Å². The molecule has 1 aromatic carbocycles. The molecule has 1 aliphatic heterocycles. The van der Waals surface area contributed by atoms with Crippen molar-refractivity contribution in [1.29, 1.82) is 0 Å². The van der Waals surface area contributed by atoms with Crippen molar-refractivity contribution in [3.05, 3.63) is 58.9 Å². The van der Waals surface area contributed by atoms with Crippen LogP contribution in [0.1, 0.15) is 15.9 Å². The summed E-state index contributed by atoms with van der Waals surface area (Å²) < 4.78 is 0. The second-order valence-electron chi connectivity index (χ2n) is 5.87. The molecule has 1 amide bonds. The zero-order valence-corrected chi connectivity index (χ0v) is 14.5. The molecule has 0 bridgehead atoms. The molecule has 3 rings (SSSR count). The van der Waals surface area contributed by atoms with Gasteiger partial charge in [-0.1, -0.05) is 23.7 Å². The quantitative estimate of drug-likeness (QED) is 0.925. The van der Waals surface area contributed by atoms with Crippen LogP contribution < -0.4 is 10.2 Å². The minimum Gasteiger partial charge on any atom is -0.368 e. The number of pyridine rings is 1. The average Bonchev–Trinajstić information content (AvgIpc) is 2.62. The van der Waals surface area contributed by atoms with Crippen LogP contribution in [-0.2, 0) is 6.54 Å². The first kappa shape index (κ1) is 16.7. The van der Waals surface area contributed by atoms with Gasteiger partial charge in [-0.3, -0.25) is 14.7 Å². The van der Waals surface area contributed by atoms with Gasteiger partial charge in [-0.05, 0) is 23.8 Å². The molecule has 0 atom stereocenters. The lowest BCUT2D eigenvalue weighted by Gasteiger charge is -2.36. The van der Waals surface area contributed by atoms with E-state index in [-0.39, 0.29) is 5.91 Å². The topological polar surface area (TPSA) is 48.5 Å². The molecular formula is C18H21ClN4O. The number of hydrogen-bond acceptors (Lipinski definition) is 4. The van der Waals surface area contributed by atoms with Crippen LogP contribution in [0.2, 0.25) is 5.02 Å². The predicted molar refractivity (Wildman–Crippen MR) is 96.6 cm³/mol. The Labute approximate surface area is 147 Å². The summed E-state index contributed by atoms with van der Waals surface area (Å²) >= 11 is 6.23. The van der Waals surface area contributed by atoms with Gasteiger partial charge >= 0.3 is 0 Å². The van der Waals surface area contributed by atoms with E-state index in [9.17, 15) is 4.79 Å². The van der Waals surface area contributed by atoms with Crippen LogP contribution >= 0.6 is 11.6 Å². The number of anilines is 1. The zero-order chi connectivity index (χ0) is 16.9. The van der Waals surface area contributed by atoms with E-state index in [1.165, 1.54) is 0 Å². The summed E-state index contributed by atoms with van der Waals surface area (Å²) in [4.78, 5) is 20.5. The molecule has 5 nitrogen and oxygen atoms in total. The van der Waals surface area contributed by atoms with Gasteiger partial charge < -0.3 is 10.2 Å². The number of carbonyl (C=O) groups is 1. The molecule has 24 heavy (non-hydrogen) atoms. The average molecular weight is 345 g/mol. The van der Waals surface area contributed by atoms with Crippen molar-refractivity contribution in [3.8, 4) is 0 Å². The Morgan fingerprint density at radius 3 is 2.75 bits per heavy atom. The minimum absolute atomic E-state index is 0.0472. The lowest BCUT2D eigenvalue weighted by molar-refractivity contribution is 0.0963. The van der Waals surface area contributed by atoms with E-state index in [0.717, 1.165) is 44.0 Å². The smallest absolute Gasteiger partial charge is 0.251 e. The third kappa shape index (κ3) is 3.86. The lowest BCUT2D eigenvalue weighted by Crippen LogP contribution is -2.46. The molecule has 0 spiro atoms. The number of hydrogen-bond donors (Lipinski definition) is 1. The predicted octanol–water partition coefficient (Wildman–Crippen LogP) is 2.42. The highest BCUT2D eigenvalue weighted by Crippen LogP contribution is 2.25. The van der Waals surface area contributed by atoms with E-state index in [0.29, 0.717) is 10.6 Å². The molecule has 2 aromatic rings. The Morgan fingerprint density at radius 2 is 2.04 bits per heavy atom. The van der Waals surface area contributed by atoms with Crippen molar-refractivity contribution < 1.29 is 4.79 Å². The van der Waals surface area contributed by atoms with Gasteiger partial charge in [-0.15, -0.1) is 0 Å². The van der Waals surface area contributed by atoms with Gasteiger partial charge in [0, 0.05) is 57.7 Å². The summed E-state index contributed by atoms with van der Waals surface area (Å²) in [6.45, 7) is 4.63. The second kappa shape index (κ2) is 7.64. The first-order valence-electron chi connectivity index (χ1n) is 8.05. The molecule has 1 aromatic heterocycles. The van der Waals surface area contributed by atoms with E-state index >= 15 is 0 Å². The Balaban J connectivity index is 1.60. The SMILES string of the molecule is CNC(=O)c1cccc(CN2CCN(c3ccncc3Cl)CC2)c1. The van der Waals surface area contributed by atoms with Gasteiger partial charge in [-0.2, -0.15) is 0 Å². The van der Waals surface area contributed by atoms with Gasteiger partial charge in [0.25, 0.3) is 5.91 Å². The second-order valence-corrected chi connectivity index (χ2v) is 6.28. The molecule has 1 saturated heterocycles. The molecule has 0 unspecified atom stereocenters. The number of rotatable bonds is 4.